The number of pyridine rings is 1. The molecule has 0 saturated carbocycles. The first-order valence-corrected chi connectivity index (χ1v) is 14.3. The number of hydrogen-bond acceptors (Lipinski definition) is 7. The molecule has 0 radical (unpaired) electrons. The van der Waals surface area contributed by atoms with E-state index in [0.29, 0.717) is 22.7 Å². The first-order valence-electron chi connectivity index (χ1n) is 10.9. The molecule has 1 aromatic heterocycles. The van der Waals surface area contributed by atoms with Gasteiger partial charge in [0.1, 0.15) is 11.9 Å². The minimum Gasteiger partial charge on any atom is -0.308 e. The Labute approximate surface area is 226 Å². The van der Waals surface area contributed by atoms with E-state index in [0.717, 1.165) is 21.9 Å². The highest BCUT2D eigenvalue weighted by Gasteiger charge is 2.47. The lowest BCUT2D eigenvalue weighted by Crippen LogP contribution is -2.33. The van der Waals surface area contributed by atoms with E-state index >= 15 is 0 Å². The van der Waals surface area contributed by atoms with Gasteiger partial charge in [0.15, 0.2) is 0 Å². The average Bonchev–Trinajstić information content (AvgIpc) is 3.06. The number of benzene rings is 2. The predicted molar refractivity (Wildman–Crippen MR) is 134 cm³/mol. The van der Waals surface area contributed by atoms with Gasteiger partial charge in [0.2, 0.25) is 0 Å². The molecule has 0 bridgehead atoms. The van der Waals surface area contributed by atoms with E-state index in [1.165, 1.54) is 49.5 Å². The zero-order valence-electron chi connectivity index (χ0n) is 19.8. The number of halogens is 4. The van der Waals surface area contributed by atoms with Crippen LogP contribution in [0.2, 0.25) is 5.02 Å². The monoisotopic (exact) mass is 602 g/mol. The summed E-state index contributed by atoms with van der Waals surface area (Å²) in [5.74, 6) is -0.740. The van der Waals surface area contributed by atoms with Crippen LogP contribution >= 0.6 is 11.6 Å². The highest BCUT2D eigenvalue weighted by Crippen LogP contribution is 2.33. The molecule has 10 nitrogen and oxygen atoms in total. The SMILES string of the molecule is CC1C(=O)N(c2ccc(S(=O)(=O)C(F)(F)F)cc2)C(=O)N1Cc1ccnc(NS(=O)(=O)c2ccc(Cl)cc2)c1. The molecule has 3 amide bonds. The van der Waals surface area contributed by atoms with Gasteiger partial charge in [-0.15, -0.1) is 0 Å². The average molecular weight is 603 g/mol. The molecular weight excluding hydrogens is 585 g/mol. The van der Waals surface area contributed by atoms with Crippen LogP contribution in [0.15, 0.2) is 76.7 Å². The highest BCUT2D eigenvalue weighted by molar-refractivity contribution is 7.92. The highest BCUT2D eigenvalue weighted by atomic mass is 35.5. The maximum absolute atomic E-state index is 13.1. The van der Waals surface area contributed by atoms with Crippen LogP contribution < -0.4 is 9.62 Å². The van der Waals surface area contributed by atoms with Crippen molar-refractivity contribution in [2.75, 3.05) is 9.62 Å². The first-order chi connectivity index (χ1) is 18.1. The minimum atomic E-state index is -5.60. The number of carbonyl (C=O) groups excluding carboxylic acids is 2. The second-order valence-electron chi connectivity index (χ2n) is 8.31. The van der Waals surface area contributed by atoms with Gasteiger partial charge in [-0.05, 0) is 73.2 Å². The molecule has 3 aromatic rings. The summed E-state index contributed by atoms with van der Waals surface area (Å²) in [5.41, 5.74) is -5.21. The van der Waals surface area contributed by atoms with E-state index in [1.54, 1.807) is 0 Å². The standard InChI is InChI=1S/C23H18ClF3N4O6S2/c1-14-21(32)31(17-4-8-18(9-5-17)38(34,35)23(25,26)27)22(33)30(14)13-15-10-11-28-20(12-15)29-39(36,37)19-6-2-16(24)3-7-19/h2-12,14H,13H2,1H3,(H,28,29). The van der Waals surface area contributed by atoms with Gasteiger partial charge in [-0.25, -0.2) is 31.5 Å². The summed E-state index contributed by atoms with van der Waals surface area (Å²) >= 11 is 5.80. The van der Waals surface area contributed by atoms with Crippen molar-refractivity contribution in [3.63, 3.8) is 0 Å². The fourth-order valence-corrected chi connectivity index (χ4v) is 5.58. The third-order valence-corrected chi connectivity index (χ3v) is 8.86. The Bertz CT molecular complexity index is 1650. The van der Waals surface area contributed by atoms with Gasteiger partial charge < -0.3 is 4.90 Å². The zero-order chi connectivity index (χ0) is 28.8. The molecule has 16 heteroatoms. The maximum atomic E-state index is 13.1. The number of sulfonamides is 1. The molecule has 1 saturated heterocycles. The molecule has 1 unspecified atom stereocenters. The normalized spacial score (nSPS) is 16.6. The van der Waals surface area contributed by atoms with Gasteiger partial charge in [-0.2, -0.15) is 13.2 Å². The zero-order valence-corrected chi connectivity index (χ0v) is 22.1. The first kappa shape index (κ1) is 28.3. The number of urea groups is 1. The molecule has 206 valence electrons. The Hall–Kier alpha value is -3.69. The second kappa shape index (κ2) is 10.1. The lowest BCUT2D eigenvalue weighted by Gasteiger charge is -2.20. The van der Waals surface area contributed by atoms with E-state index in [4.69, 9.17) is 11.6 Å². The summed E-state index contributed by atoms with van der Waals surface area (Å²) < 4.78 is 89.2. The van der Waals surface area contributed by atoms with Crippen molar-refractivity contribution in [1.29, 1.82) is 0 Å². The number of imide groups is 1. The number of hydrogen-bond donors (Lipinski definition) is 1. The fourth-order valence-electron chi connectivity index (χ4n) is 3.69. The van der Waals surface area contributed by atoms with Crippen molar-refractivity contribution in [3.05, 3.63) is 77.4 Å². The number of rotatable bonds is 7. The molecule has 1 aliphatic heterocycles. The van der Waals surface area contributed by atoms with Crippen molar-refractivity contribution >= 4 is 54.9 Å². The Morgan fingerprint density at radius 3 is 2.13 bits per heavy atom. The van der Waals surface area contributed by atoms with Crippen molar-refractivity contribution in [3.8, 4) is 0 Å². The number of aromatic nitrogens is 1. The van der Waals surface area contributed by atoms with Gasteiger partial charge in [0, 0.05) is 17.8 Å². The molecule has 4 rings (SSSR count). The summed E-state index contributed by atoms with van der Waals surface area (Å²) in [6, 6.07) is 9.70. The molecule has 0 aliphatic carbocycles. The molecule has 1 N–H and O–H groups in total. The lowest BCUT2D eigenvalue weighted by molar-refractivity contribution is -0.119. The molecule has 2 aromatic carbocycles. The number of nitrogens with one attached hydrogen (secondary N) is 1. The van der Waals surface area contributed by atoms with Crippen LogP contribution in [0.4, 0.5) is 29.5 Å². The Kier molecular flexibility index (Phi) is 7.35. The number of carbonyl (C=O) groups is 2. The fraction of sp³-hybridized carbons (Fsp3) is 0.174. The van der Waals surface area contributed by atoms with Crippen LogP contribution in [-0.2, 0) is 31.2 Å². The van der Waals surface area contributed by atoms with Gasteiger partial charge >= 0.3 is 11.5 Å². The van der Waals surface area contributed by atoms with Crippen LogP contribution in [0, 0.1) is 0 Å². The molecular formula is C23H18ClF3N4O6S2. The Balaban J connectivity index is 1.53. The lowest BCUT2D eigenvalue weighted by atomic mass is 10.2. The maximum Gasteiger partial charge on any atom is 0.501 e. The molecule has 0 spiro atoms. The minimum absolute atomic E-state index is 0.0496. The van der Waals surface area contributed by atoms with Crippen molar-refractivity contribution in [1.82, 2.24) is 9.88 Å². The molecule has 1 atom stereocenters. The number of alkyl halides is 3. The largest absolute Gasteiger partial charge is 0.501 e. The van der Waals surface area contributed by atoms with E-state index in [1.807, 2.05) is 0 Å². The van der Waals surface area contributed by atoms with Crippen molar-refractivity contribution in [2.45, 2.75) is 34.8 Å². The predicted octanol–water partition coefficient (Wildman–Crippen LogP) is 4.19. The topological polar surface area (TPSA) is 134 Å². The smallest absolute Gasteiger partial charge is 0.308 e. The van der Waals surface area contributed by atoms with Crippen molar-refractivity contribution in [2.24, 2.45) is 0 Å². The molecule has 2 heterocycles. The third-order valence-electron chi connectivity index (χ3n) is 5.73. The van der Waals surface area contributed by atoms with E-state index in [9.17, 15) is 39.6 Å². The van der Waals surface area contributed by atoms with Gasteiger partial charge in [-0.3, -0.25) is 9.52 Å². The number of nitrogens with zero attached hydrogens (tertiary/aromatic N) is 3. The van der Waals surface area contributed by atoms with Crippen LogP contribution in [0.1, 0.15) is 12.5 Å². The summed E-state index contributed by atoms with van der Waals surface area (Å²) in [4.78, 5) is 30.7. The van der Waals surface area contributed by atoms with E-state index < -0.39 is 48.2 Å². The van der Waals surface area contributed by atoms with Gasteiger partial charge in [0.25, 0.3) is 25.8 Å². The Morgan fingerprint density at radius 1 is 0.949 bits per heavy atom. The van der Waals surface area contributed by atoms with E-state index in [-0.39, 0.29) is 22.9 Å². The summed E-state index contributed by atoms with van der Waals surface area (Å²) in [7, 11) is -9.60. The Morgan fingerprint density at radius 2 is 1.54 bits per heavy atom. The van der Waals surface area contributed by atoms with Crippen LogP contribution in [-0.4, -0.2) is 50.2 Å². The van der Waals surface area contributed by atoms with Crippen LogP contribution in [0.3, 0.4) is 0 Å². The molecule has 39 heavy (non-hydrogen) atoms. The third kappa shape index (κ3) is 5.55. The quantitative estimate of drug-likeness (QED) is 0.401. The van der Waals surface area contributed by atoms with Gasteiger partial charge in [0.05, 0.1) is 15.5 Å². The van der Waals surface area contributed by atoms with Crippen LogP contribution in [0.25, 0.3) is 0 Å². The number of anilines is 2. The number of sulfone groups is 1. The van der Waals surface area contributed by atoms with Gasteiger partial charge in [-0.1, -0.05) is 11.6 Å². The number of amides is 3. The summed E-state index contributed by atoms with van der Waals surface area (Å²) in [6.45, 7) is 1.30. The van der Waals surface area contributed by atoms with Crippen LogP contribution in [0.5, 0.6) is 0 Å². The molecule has 1 fully saturated rings. The summed E-state index contributed by atoms with van der Waals surface area (Å²) in [5, 5.41) is 0.351. The molecule has 1 aliphatic rings. The summed E-state index contributed by atoms with van der Waals surface area (Å²) in [6.07, 6.45) is 1.31. The van der Waals surface area contributed by atoms with Crippen molar-refractivity contribution < 1.29 is 39.6 Å². The van der Waals surface area contributed by atoms with E-state index in [2.05, 4.69) is 9.71 Å². The second-order valence-corrected chi connectivity index (χ2v) is 12.4.